The van der Waals surface area contributed by atoms with Crippen LogP contribution < -0.4 is 20.1 Å². The first-order valence-electron chi connectivity index (χ1n) is 8.44. The molecule has 0 bridgehead atoms. The summed E-state index contributed by atoms with van der Waals surface area (Å²) < 4.78 is 48.8. The van der Waals surface area contributed by atoms with Crippen LogP contribution in [0.5, 0.6) is 17.2 Å². The molecule has 2 aromatic rings. The van der Waals surface area contributed by atoms with Crippen LogP contribution >= 0.6 is 0 Å². The molecule has 144 valence electrons. The number of carbonyl (C=O) groups excluding carboxylic acids is 1. The number of amides is 1. The molecular weight excluding hydrogens is 361 g/mol. The van der Waals surface area contributed by atoms with Gasteiger partial charge in [0.2, 0.25) is 5.91 Å². The predicted octanol–water partition coefficient (Wildman–Crippen LogP) is 4.20. The van der Waals surface area contributed by atoms with Crippen LogP contribution in [0.25, 0.3) is 0 Å². The summed E-state index contributed by atoms with van der Waals surface area (Å²) in [5, 5.41) is 5.91. The first-order valence-corrected chi connectivity index (χ1v) is 8.44. The summed E-state index contributed by atoms with van der Waals surface area (Å²) in [6.45, 7) is 0.798. The molecule has 27 heavy (non-hydrogen) atoms. The van der Waals surface area contributed by atoms with Crippen LogP contribution in [0, 0.1) is 0 Å². The number of benzene rings is 2. The van der Waals surface area contributed by atoms with E-state index in [4.69, 9.17) is 9.47 Å². The van der Waals surface area contributed by atoms with Crippen LogP contribution in [0.2, 0.25) is 0 Å². The van der Waals surface area contributed by atoms with Gasteiger partial charge in [-0.3, -0.25) is 4.79 Å². The second kappa shape index (κ2) is 7.87. The van der Waals surface area contributed by atoms with Gasteiger partial charge in [0.05, 0.1) is 24.4 Å². The van der Waals surface area contributed by atoms with Gasteiger partial charge in [0.15, 0.2) is 0 Å². The second-order valence-electron chi connectivity index (χ2n) is 6.12. The molecule has 0 radical (unpaired) electrons. The Morgan fingerprint density at radius 1 is 1.15 bits per heavy atom. The third-order valence-corrected chi connectivity index (χ3v) is 4.22. The third-order valence-electron chi connectivity index (χ3n) is 4.22. The van der Waals surface area contributed by atoms with E-state index in [9.17, 15) is 18.0 Å². The zero-order valence-electron chi connectivity index (χ0n) is 14.6. The van der Waals surface area contributed by atoms with E-state index in [1.807, 2.05) is 0 Å². The number of rotatable bonds is 5. The fraction of sp³-hybridized carbons (Fsp3) is 0.316. The Hall–Kier alpha value is -2.74. The molecule has 0 unspecified atom stereocenters. The average molecular weight is 380 g/mol. The maximum absolute atomic E-state index is 12.6. The molecule has 0 aliphatic carbocycles. The van der Waals surface area contributed by atoms with E-state index < -0.39 is 11.7 Å². The standard InChI is InChI=1S/C19H19F3N2O3/c1-26-17-9-8-14(11-16(17)24-18(25)15-3-2-10-23-15)27-13-6-4-12(5-7-13)19(20,21)22/h4-9,11,15,23H,2-3,10H2,1H3,(H,24,25)/t15-/m0/s1. The van der Waals surface area contributed by atoms with Gasteiger partial charge in [-0.25, -0.2) is 0 Å². The Kier molecular flexibility index (Phi) is 5.55. The zero-order chi connectivity index (χ0) is 19.4. The van der Waals surface area contributed by atoms with Gasteiger partial charge >= 0.3 is 6.18 Å². The first-order chi connectivity index (χ1) is 12.9. The summed E-state index contributed by atoms with van der Waals surface area (Å²) in [6, 6.07) is 8.94. The number of ether oxygens (including phenoxy) is 2. The van der Waals surface area contributed by atoms with Gasteiger partial charge in [-0.15, -0.1) is 0 Å². The van der Waals surface area contributed by atoms with Crippen molar-refractivity contribution in [1.29, 1.82) is 0 Å². The number of anilines is 1. The molecule has 5 nitrogen and oxygen atoms in total. The summed E-state index contributed by atoms with van der Waals surface area (Å²) in [5.41, 5.74) is -0.317. The largest absolute Gasteiger partial charge is 0.495 e. The van der Waals surface area contributed by atoms with E-state index in [1.54, 1.807) is 18.2 Å². The SMILES string of the molecule is COc1ccc(Oc2ccc(C(F)(F)F)cc2)cc1NC(=O)[C@@H]1CCCN1. The monoisotopic (exact) mass is 380 g/mol. The van der Waals surface area contributed by atoms with Crippen molar-refractivity contribution < 1.29 is 27.4 Å². The molecule has 0 spiro atoms. The molecule has 1 amide bonds. The Balaban J connectivity index is 1.75. The fourth-order valence-corrected chi connectivity index (χ4v) is 2.82. The molecule has 1 aliphatic rings. The van der Waals surface area contributed by atoms with Gasteiger partial charge < -0.3 is 20.1 Å². The Bertz CT molecular complexity index is 801. The van der Waals surface area contributed by atoms with Crippen LogP contribution in [0.3, 0.4) is 0 Å². The quantitative estimate of drug-likeness (QED) is 0.816. The molecule has 1 atom stereocenters. The molecule has 8 heteroatoms. The molecule has 2 aromatic carbocycles. The molecule has 0 aromatic heterocycles. The molecular formula is C19H19F3N2O3. The molecule has 1 fully saturated rings. The van der Waals surface area contributed by atoms with Crippen LogP contribution in [0.15, 0.2) is 42.5 Å². The average Bonchev–Trinajstić information content (AvgIpc) is 3.16. The van der Waals surface area contributed by atoms with E-state index in [0.717, 1.165) is 31.5 Å². The highest BCUT2D eigenvalue weighted by Crippen LogP contribution is 2.34. The molecule has 3 rings (SSSR count). The number of methoxy groups -OCH3 is 1. The van der Waals surface area contributed by atoms with Crippen LogP contribution in [-0.2, 0) is 11.0 Å². The van der Waals surface area contributed by atoms with Crippen LogP contribution in [0.4, 0.5) is 18.9 Å². The van der Waals surface area contributed by atoms with Gasteiger partial charge in [0.1, 0.15) is 17.2 Å². The lowest BCUT2D eigenvalue weighted by Gasteiger charge is -2.15. The maximum atomic E-state index is 12.6. The lowest BCUT2D eigenvalue weighted by Crippen LogP contribution is -2.35. The highest BCUT2D eigenvalue weighted by atomic mass is 19.4. The maximum Gasteiger partial charge on any atom is 0.416 e. The van der Waals surface area contributed by atoms with Crippen molar-refractivity contribution in [2.24, 2.45) is 0 Å². The van der Waals surface area contributed by atoms with Gasteiger partial charge in [-0.1, -0.05) is 0 Å². The highest BCUT2D eigenvalue weighted by molar-refractivity contribution is 5.96. The molecule has 1 saturated heterocycles. The number of hydrogen-bond acceptors (Lipinski definition) is 4. The minimum atomic E-state index is -4.40. The fourth-order valence-electron chi connectivity index (χ4n) is 2.82. The van der Waals surface area contributed by atoms with Crippen molar-refractivity contribution >= 4 is 11.6 Å². The first kappa shape index (κ1) is 19.0. The molecule has 1 aliphatic heterocycles. The van der Waals surface area contributed by atoms with Gasteiger partial charge in [-0.2, -0.15) is 13.2 Å². The van der Waals surface area contributed by atoms with Gasteiger partial charge in [0, 0.05) is 6.07 Å². The van der Waals surface area contributed by atoms with Crippen LogP contribution in [-0.4, -0.2) is 25.6 Å². The van der Waals surface area contributed by atoms with Crippen molar-refractivity contribution in [3.63, 3.8) is 0 Å². The third kappa shape index (κ3) is 4.71. The van der Waals surface area contributed by atoms with E-state index in [1.165, 1.54) is 19.2 Å². The number of alkyl halides is 3. The number of nitrogens with one attached hydrogen (secondary N) is 2. The summed E-state index contributed by atoms with van der Waals surface area (Å²) in [7, 11) is 1.48. The van der Waals surface area contributed by atoms with E-state index in [0.29, 0.717) is 17.2 Å². The Morgan fingerprint density at radius 3 is 2.44 bits per heavy atom. The van der Waals surface area contributed by atoms with Crippen molar-refractivity contribution in [1.82, 2.24) is 5.32 Å². The minimum Gasteiger partial charge on any atom is -0.495 e. The van der Waals surface area contributed by atoms with Crippen molar-refractivity contribution in [2.75, 3.05) is 19.0 Å². The van der Waals surface area contributed by atoms with E-state index in [-0.39, 0.29) is 17.7 Å². The lowest BCUT2D eigenvalue weighted by atomic mass is 10.2. The number of halogens is 3. The normalized spacial score (nSPS) is 16.8. The molecule has 2 N–H and O–H groups in total. The second-order valence-corrected chi connectivity index (χ2v) is 6.12. The summed E-state index contributed by atoms with van der Waals surface area (Å²) >= 11 is 0. The summed E-state index contributed by atoms with van der Waals surface area (Å²) in [4.78, 5) is 12.3. The van der Waals surface area contributed by atoms with Crippen molar-refractivity contribution in [3.05, 3.63) is 48.0 Å². The zero-order valence-corrected chi connectivity index (χ0v) is 14.6. The summed E-state index contributed by atoms with van der Waals surface area (Å²) in [5.74, 6) is 0.909. The lowest BCUT2D eigenvalue weighted by molar-refractivity contribution is -0.137. The number of hydrogen-bond donors (Lipinski definition) is 2. The number of carbonyl (C=O) groups is 1. The minimum absolute atomic E-state index is 0.169. The van der Waals surface area contributed by atoms with E-state index >= 15 is 0 Å². The molecule has 0 saturated carbocycles. The van der Waals surface area contributed by atoms with Crippen molar-refractivity contribution in [3.8, 4) is 17.2 Å². The topological polar surface area (TPSA) is 59.6 Å². The van der Waals surface area contributed by atoms with Gasteiger partial charge in [0.25, 0.3) is 0 Å². The van der Waals surface area contributed by atoms with Crippen LogP contribution in [0.1, 0.15) is 18.4 Å². The predicted molar refractivity (Wildman–Crippen MR) is 94.2 cm³/mol. The summed E-state index contributed by atoms with van der Waals surface area (Å²) in [6.07, 6.45) is -2.70. The Labute approximate surface area is 154 Å². The van der Waals surface area contributed by atoms with Crippen molar-refractivity contribution in [2.45, 2.75) is 25.1 Å². The van der Waals surface area contributed by atoms with E-state index in [2.05, 4.69) is 10.6 Å². The Morgan fingerprint density at radius 2 is 1.85 bits per heavy atom. The highest BCUT2D eigenvalue weighted by Gasteiger charge is 2.30. The van der Waals surface area contributed by atoms with Gasteiger partial charge in [-0.05, 0) is 55.8 Å². The molecule has 1 heterocycles. The smallest absolute Gasteiger partial charge is 0.416 e.